The van der Waals surface area contributed by atoms with E-state index in [1.165, 1.54) is 0 Å². The van der Waals surface area contributed by atoms with Crippen LogP contribution in [0.3, 0.4) is 0 Å². The number of hydrogen-bond acceptors (Lipinski definition) is 3. The van der Waals surface area contributed by atoms with Gasteiger partial charge >= 0.3 is 5.97 Å². The molecule has 1 unspecified atom stereocenters. The number of ether oxygens (including phenoxy) is 1. The highest BCUT2D eigenvalue weighted by Crippen LogP contribution is 2.28. The van der Waals surface area contributed by atoms with E-state index in [1.807, 2.05) is 0 Å². The average molecular weight is 370 g/mol. The number of carboxylic acid groups (broad SMARTS) is 1. The standard InChI is InChI=1S/C16H20BrNO4/c1-22-11-8-6-10(7-9-11)15(19)18-14(16(20)21)12-4-2-3-5-13(12)17/h2-5,10-11,14H,6-9H2,1H3,(H,18,19)(H,20,21). The predicted molar refractivity (Wildman–Crippen MR) is 85.4 cm³/mol. The summed E-state index contributed by atoms with van der Waals surface area (Å²) in [4.78, 5) is 23.9. The molecule has 1 aliphatic carbocycles. The number of nitrogens with one attached hydrogen (secondary N) is 1. The molecule has 0 aliphatic heterocycles. The van der Waals surface area contributed by atoms with Crippen LogP contribution in [-0.4, -0.2) is 30.2 Å². The number of halogens is 1. The quantitative estimate of drug-likeness (QED) is 0.836. The van der Waals surface area contributed by atoms with Crippen LogP contribution in [-0.2, 0) is 14.3 Å². The fourth-order valence-electron chi connectivity index (χ4n) is 2.80. The SMILES string of the molecule is COC1CCC(C(=O)NC(C(=O)O)c2ccccc2Br)CC1. The molecule has 120 valence electrons. The second kappa shape index (κ2) is 7.74. The summed E-state index contributed by atoms with van der Waals surface area (Å²) in [5.74, 6) is -1.40. The van der Waals surface area contributed by atoms with Crippen molar-refractivity contribution in [2.75, 3.05) is 7.11 Å². The van der Waals surface area contributed by atoms with Gasteiger partial charge in [0.2, 0.25) is 5.91 Å². The summed E-state index contributed by atoms with van der Waals surface area (Å²) in [5, 5.41) is 12.1. The average Bonchev–Trinajstić information content (AvgIpc) is 2.53. The van der Waals surface area contributed by atoms with E-state index < -0.39 is 12.0 Å². The van der Waals surface area contributed by atoms with Crippen molar-refractivity contribution in [1.29, 1.82) is 0 Å². The molecule has 0 saturated heterocycles. The van der Waals surface area contributed by atoms with Gasteiger partial charge in [-0.25, -0.2) is 4.79 Å². The second-order valence-electron chi connectivity index (χ2n) is 5.51. The Morgan fingerprint density at radius 3 is 2.45 bits per heavy atom. The molecule has 1 saturated carbocycles. The maximum atomic E-state index is 12.4. The van der Waals surface area contributed by atoms with E-state index >= 15 is 0 Å². The third-order valence-electron chi connectivity index (χ3n) is 4.13. The fourth-order valence-corrected chi connectivity index (χ4v) is 3.32. The molecule has 0 spiro atoms. The third kappa shape index (κ3) is 4.08. The van der Waals surface area contributed by atoms with Gasteiger partial charge < -0.3 is 15.2 Å². The molecule has 2 rings (SSSR count). The zero-order chi connectivity index (χ0) is 16.1. The number of carbonyl (C=O) groups excluding carboxylic acids is 1. The molecular weight excluding hydrogens is 350 g/mol. The Bertz CT molecular complexity index is 541. The number of methoxy groups -OCH3 is 1. The highest BCUT2D eigenvalue weighted by molar-refractivity contribution is 9.10. The van der Waals surface area contributed by atoms with Gasteiger partial charge in [0, 0.05) is 17.5 Å². The molecule has 1 fully saturated rings. The summed E-state index contributed by atoms with van der Waals surface area (Å²) in [6.45, 7) is 0. The fraction of sp³-hybridized carbons (Fsp3) is 0.500. The van der Waals surface area contributed by atoms with Gasteiger partial charge in [0.15, 0.2) is 6.04 Å². The molecule has 1 aromatic carbocycles. The van der Waals surface area contributed by atoms with E-state index in [1.54, 1.807) is 31.4 Å². The minimum absolute atomic E-state index is 0.143. The van der Waals surface area contributed by atoms with E-state index in [2.05, 4.69) is 21.2 Å². The van der Waals surface area contributed by atoms with Crippen LogP contribution >= 0.6 is 15.9 Å². The number of aliphatic carboxylic acids is 1. The van der Waals surface area contributed by atoms with Crippen LogP contribution in [0.25, 0.3) is 0 Å². The van der Waals surface area contributed by atoms with Gasteiger partial charge in [-0.1, -0.05) is 34.1 Å². The van der Waals surface area contributed by atoms with E-state index in [4.69, 9.17) is 4.74 Å². The summed E-state index contributed by atoms with van der Waals surface area (Å²) in [6.07, 6.45) is 3.34. The van der Waals surface area contributed by atoms with Crippen LogP contribution in [0.5, 0.6) is 0 Å². The van der Waals surface area contributed by atoms with Crippen molar-refractivity contribution in [2.24, 2.45) is 5.92 Å². The summed E-state index contributed by atoms with van der Waals surface area (Å²) in [7, 11) is 1.68. The van der Waals surface area contributed by atoms with Crippen LogP contribution < -0.4 is 5.32 Å². The Hall–Kier alpha value is -1.40. The van der Waals surface area contributed by atoms with Gasteiger partial charge in [0.1, 0.15) is 0 Å². The maximum Gasteiger partial charge on any atom is 0.330 e. The van der Waals surface area contributed by atoms with Gasteiger partial charge in [0.25, 0.3) is 0 Å². The Morgan fingerprint density at radius 2 is 1.91 bits per heavy atom. The molecule has 1 aromatic rings. The molecule has 2 N–H and O–H groups in total. The maximum absolute atomic E-state index is 12.4. The Morgan fingerprint density at radius 1 is 1.27 bits per heavy atom. The molecule has 0 heterocycles. The molecule has 1 atom stereocenters. The Labute approximate surface area is 138 Å². The van der Waals surface area contributed by atoms with Crippen molar-refractivity contribution >= 4 is 27.8 Å². The summed E-state index contributed by atoms with van der Waals surface area (Å²) in [6, 6.07) is 5.99. The molecule has 5 nitrogen and oxygen atoms in total. The van der Waals surface area contributed by atoms with Gasteiger partial charge in [-0.2, -0.15) is 0 Å². The molecule has 6 heteroatoms. The first-order chi connectivity index (χ1) is 10.5. The smallest absolute Gasteiger partial charge is 0.330 e. The molecule has 0 bridgehead atoms. The lowest BCUT2D eigenvalue weighted by molar-refractivity contribution is -0.143. The Balaban J connectivity index is 2.04. The zero-order valence-electron chi connectivity index (χ0n) is 12.4. The molecular formula is C16H20BrNO4. The molecule has 0 radical (unpaired) electrons. The van der Waals surface area contributed by atoms with Crippen LogP contribution in [0.4, 0.5) is 0 Å². The van der Waals surface area contributed by atoms with E-state index in [0.717, 1.165) is 25.7 Å². The first-order valence-corrected chi connectivity index (χ1v) is 8.12. The third-order valence-corrected chi connectivity index (χ3v) is 4.85. The van der Waals surface area contributed by atoms with E-state index in [0.29, 0.717) is 10.0 Å². The minimum atomic E-state index is -1.06. The molecule has 0 aromatic heterocycles. The normalized spacial score (nSPS) is 22.8. The topological polar surface area (TPSA) is 75.6 Å². The van der Waals surface area contributed by atoms with Crippen LogP contribution in [0.15, 0.2) is 28.7 Å². The lowest BCUT2D eigenvalue weighted by atomic mass is 9.86. The molecule has 1 amide bonds. The van der Waals surface area contributed by atoms with Crippen LogP contribution in [0.2, 0.25) is 0 Å². The summed E-state index contributed by atoms with van der Waals surface area (Å²) >= 11 is 3.34. The number of benzene rings is 1. The lowest BCUT2D eigenvalue weighted by Gasteiger charge is -2.28. The van der Waals surface area contributed by atoms with Crippen LogP contribution in [0.1, 0.15) is 37.3 Å². The zero-order valence-corrected chi connectivity index (χ0v) is 14.0. The molecule has 1 aliphatic rings. The van der Waals surface area contributed by atoms with Crippen molar-refractivity contribution in [3.63, 3.8) is 0 Å². The summed E-state index contributed by atoms with van der Waals surface area (Å²) in [5.41, 5.74) is 0.550. The monoisotopic (exact) mass is 369 g/mol. The Kier molecular flexibility index (Phi) is 5.97. The van der Waals surface area contributed by atoms with Crippen molar-refractivity contribution in [1.82, 2.24) is 5.32 Å². The largest absolute Gasteiger partial charge is 0.479 e. The van der Waals surface area contributed by atoms with Crippen LogP contribution in [0, 0.1) is 5.92 Å². The van der Waals surface area contributed by atoms with E-state index in [-0.39, 0.29) is 17.9 Å². The highest BCUT2D eigenvalue weighted by Gasteiger charge is 2.30. The molecule has 22 heavy (non-hydrogen) atoms. The highest BCUT2D eigenvalue weighted by atomic mass is 79.9. The second-order valence-corrected chi connectivity index (χ2v) is 6.37. The van der Waals surface area contributed by atoms with Crippen molar-refractivity contribution in [2.45, 2.75) is 37.8 Å². The lowest BCUT2D eigenvalue weighted by Crippen LogP contribution is -2.39. The van der Waals surface area contributed by atoms with Crippen molar-refractivity contribution in [3.05, 3.63) is 34.3 Å². The van der Waals surface area contributed by atoms with Gasteiger partial charge in [-0.05, 0) is 37.3 Å². The van der Waals surface area contributed by atoms with E-state index in [9.17, 15) is 14.7 Å². The number of rotatable bonds is 5. The van der Waals surface area contributed by atoms with Gasteiger partial charge in [-0.15, -0.1) is 0 Å². The van der Waals surface area contributed by atoms with Crippen molar-refractivity contribution < 1.29 is 19.4 Å². The number of hydrogen-bond donors (Lipinski definition) is 2. The predicted octanol–water partition coefficient (Wildman–Crippen LogP) is 2.90. The van der Waals surface area contributed by atoms with Crippen molar-refractivity contribution in [3.8, 4) is 0 Å². The summed E-state index contributed by atoms with van der Waals surface area (Å²) < 4.78 is 5.96. The first kappa shape index (κ1) is 17.0. The number of carboxylic acids is 1. The number of amides is 1. The van der Waals surface area contributed by atoms with Gasteiger partial charge in [0.05, 0.1) is 6.10 Å². The first-order valence-electron chi connectivity index (χ1n) is 7.33. The number of carbonyl (C=O) groups is 2. The van der Waals surface area contributed by atoms with Gasteiger partial charge in [-0.3, -0.25) is 4.79 Å². The minimum Gasteiger partial charge on any atom is -0.479 e.